The highest BCUT2D eigenvalue weighted by Gasteiger charge is 2.10. The Morgan fingerprint density at radius 1 is 1.45 bits per heavy atom. The molecule has 0 aliphatic rings. The summed E-state index contributed by atoms with van der Waals surface area (Å²) >= 11 is 0. The lowest BCUT2D eigenvalue weighted by atomic mass is 10.1. The SMILES string of the molecule is COCC(N=C(N)N)C(C)C. The van der Waals surface area contributed by atoms with E-state index < -0.39 is 0 Å². The van der Waals surface area contributed by atoms with Crippen LogP contribution in [-0.4, -0.2) is 25.7 Å². The lowest BCUT2D eigenvalue weighted by molar-refractivity contribution is 0.165. The van der Waals surface area contributed by atoms with E-state index in [-0.39, 0.29) is 12.0 Å². The van der Waals surface area contributed by atoms with Crippen LogP contribution in [0.4, 0.5) is 0 Å². The molecule has 0 aliphatic heterocycles. The van der Waals surface area contributed by atoms with Crippen molar-refractivity contribution in [3.8, 4) is 0 Å². The van der Waals surface area contributed by atoms with Gasteiger partial charge >= 0.3 is 0 Å². The molecule has 0 radical (unpaired) electrons. The van der Waals surface area contributed by atoms with Crippen LogP contribution >= 0.6 is 0 Å². The van der Waals surface area contributed by atoms with Gasteiger partial charge in [0.1, 0.15) is 0 Å². The molecule has 0 heterocycles. The molecule has 0 aromatic rings. The molecule has 0 aromatic carbocycles. The Bertz CT molecular complexity index is 130. The molecule has 0 saturated carbocycles. The summed E-state index contributed by atoms with van der Waals surface area (Å²) in [6.45, 7) is 4.67. The summed E-state index contributed by atoms with van der Waals surface area (Å²) in [5.74, 6) is 0.526. The average Bonchev–Trinajstić information content (AvgIpc) is 1.86. The molecule has 1 unspecified atom stereocenters. The minimum atomic E-state index is 0.0741. The van der Waals surface area contributed by atoms with Crippen molar-refractivity contribution in [1.29, 1.82) is 0 Å². The summed E-state index contributed by atoms with van der Waals surface area (Å²) in [4.78, 5) is 4.01. The third-order valence-corrected chi connectivity index (χ3v) is 1.42. The fourth-order valence-electron chi connectivity index (χ4n) is 0.741. The number of guanidine groups is 1. The third-order valence-electron chi connectivity index (χ3n) is 1.42. The van der Waals surface area contributed by atoms with Crippen LogP contribution in [0.1, 0.15) is 13.8 Å². The van der Waals surface area contributed by atoms with Gasteiger partial charge in [0.05, 0.1) is 12.6 Å². The van der Waals surface area contributed by atoms with Crippen LogP contribution in [0.3, 0.4) is 0 Å². The first kappa shape index (κ1) is 10.2. The Balaban J connectivity index is 4.00. The second kappa shape index (κ2) is 4.96. The van der Waals surface area contributed by atoms with Gasteiger partial charge in [-0.1, -0.05) is 13.8 Å². The normalized spacial score (nSPS) is 13.1. The maximum Gasteiger partial charge on any atom is 0.186 e. The van der Waals surface area contributed by atoms with Crippen LogP contribution in [0.2, 0.25) is 0 Å². The monoisotopic (exact) mass is 159 g/mol. The predicted molar refractivity (Wildman–Crippen MR) is 46.3 cm³/mol. The van der Waals surface area contributed by atoms with Gasteiger partial charge in [0.2, 0.25) is 0 Å². The van der Waals surface area contributed by atoms with Gasteiger partial charge in [-0.15, -0.1) is 0 Å². The molecular weight excluding hydrogens is 142 g/mol. The number of aliphatic imine (C=N–C) groups is 1. The molecule has 11 heavy (non-hydrogen) atoms. The first-order chi connectivity index (χ1) is 5.07. The van der Waals surface area contributed by atoms with Crippen LogP contribution in [0.5, 0.6) is 0 Å². The summed E-state index contributed by atoms with van der Waals surface area (Å²) in [5, 5.41) is 0. The van der Waals surface area contributed by atoms with Gasteiger partial charge < -0.3 is 16.2 Å². The number of methoxy groups -OCH3 is 1. The molecule has 0 rings (SSSR count). The van der Waals surface area contributed by atoms with Crippen molar-refractivity contribution in [2.45, 2.75) is 19.9 Å². The molecule has 0 aliphatic carbocycles. The predicted octanol–water partition coefficient (Wildman–Crippen LogP) is -0.0692. The number of ether oxygens (including phenoxy) is 1. The minimum Gasteiger partial charge on any atom is -0.382 e. The van der Waals surface area contributed by atoms with Crippen molar-refractivity contribution in [2.75, 3.05) is 13.7 Å². The molecule has 0 fully saturated rings. The largest absolute Gasteiger partial charge is 0.382 e. The Hall–Kier alpha value is -0.770. The maximum absolute atomic E-state index is 5.23. The molecule has 0 aromatic heterocycles. The van der Waals surface area contributed by atoms with E-state index >= 15 is 0 Å². The number of nitrogens with zero attached hydrogens (tertiary/aromatic N) is 1. The van der Waals surface area contributed by atoms with Crippen molar-refractivity contribution in [3.63, 3.8) is 0 Å². The first-order valence-corrected chi connectivity index (χ1v) is 3.65. The van der Waals surface area contributed by atoms with Gasteiger partial charge in [-0.25, -0.2) is 4.99 Å². The van der Waals surface area contributed by atoms with Gasteiger partial charge in [-0.3, -0.25) is 0 Å². The van der Waals surface area contributed by atoms with E-state index in [1.165, 1.54) is 0 Å². The van der Waals surface area contributed by atoms with E-state index in [4.69, 9.17) is 16.2 Å². The van der Waals surface area contributed by atoms with Crippen LogP contribution in [-0.2, 0) is 4.74 Å². The van der Waals surface area contributed by atoms with E-state index in [2.05, 4.69) is 18.8 Å². The van der Waals surface area contributed by atoms with E-state index in [1.807, 2.05) is 0 Å². The number of rotatable bonds is 4. The Morgan fingerprint density at radius 2 is 2.00 bits per heavy atom. The zero-order valence-corrected chi connectivity index (χ0v) is 7.37. The van der Waals surface area contributed by atoms with E-state index in [1.54, 1.807) is 7.11 Å². The van der Waals surface area contributed by atoms with E-state index in [0.717, 1.165) is 0 Å². The van der Waals surface area contributed by atoms with Gasteiger partial charge in [-0.05, 0) is 5.92 Å². The standard InChI is InChI=1S/C7H17N3O/c1-5(2)6(4-11-3)10-7(8)9/h5-6H,4H2,1-3H3,(H4,8,9,10). The number of nitrogens with two attached hydrogens (primary N) is 2. The highest BCUT2D eigenvalue weighted by atomic mass is 16.5. The molecule has 4 heteroatoms. The molecule has 0 amide bonds. The Labute approximate surface area is 67.6 Å². The minimum absolute atomic E-state index is 0.0741. The fraction of sp³-hybridized carbons (Fsp3) is 0.857. The molecule has 0 bridgehead atoms. The van der Waals surface area contributed by atoms with Gasteiger partial charge in [-0.2, -0.15) is 0 Å². The van der Waals surface area contributed by atoms with Crippen molar-refractivity contribution >= 4 is 5.96 Å². The number of hydrogen-bond donors (Lipinski definition) is 2. The lowest BCUT2D eigenvalue weighted by Crippen LogP contribution is -2.29. The molecule has 1 atom stereocenters. The summed E-state index contributed by atoms with van der Waals surface area (Å²) in [7, 11) is 1.64. The highest BCUT2D eigenvalue weighted by Crippen LogP contribution is 2.05. The van der Waals surface area contributed by atoms with Gasteiger partial charge in [0, 0.05) is 7.11 Å². The zero-order chi connectivity index (χ0) is 8.85. The van der Waals surface area contributed by atoms with Crippen molar-refractivity contribution in [2.24, 2.45) is 22.4 Å². The van der Waals surface area contributed by atoms with Gasteiger partial charge in [0.15, 0.2) is 5.96 Å². The summed E-state index contributed by atoms with van der Waals surface area (Å²) in [6, 6.07) is 0.0741. The quantitative estimate of drug-likeness (QED) is 0.445. The van der Waals surface area contributed by atoms with Crippen LogP contribution in [0, 0.1) is 5.92 Å². The second-order valence-electron chi connectivity index (χ2n) is 2.82. The van der Waals surface area contributed by atoms with Crippen LogP contribution in [0.25, 0.3) is 0 Å². The molecular formula is C7H17N3O. The van der Waals surface area contributed by atoms with Crippen LogP contribution in [0.15, 0.2) is 4.99 Å². The fourth-order valence-corrected chi connectivity index (χ4v) is 0.741. The Morgan fingerprint density at radius 3 is 2.27 bits per heavy atom. The smallest absolute Gasteiger partial charge is 0.186 e. The Kier molecular flexibility index (Phi) is 4.61. The molecule has 4 N–H and O–H groups in total. The van der Waals surface area contributed by atoms with E-state index in [0.29, 0.717) is 12.5 Å². The summed E-state index contributed by atoms with van der Waals surface area (Å²) in [5.41, 5.74) is 10.5. The topological polar surface area (TPSA) is 73.6 Å². The molecule has 0 saturated heterocycles. The number of hydrogen-bond acceptors (Lipinski definition) is 2. The van der Waals surface area contributed by atoms with Gasteiger partial charge in [0.25, 0.3) is 0 Å². The van der Waals surface area contributed by atoms with Crippen molar-refractivity contribution in [3.05, 3.63) is 0 Å². The zero-order valence-electron chi connectivity index (χ0n) is 7.37. The molecule has 66 valence electrons. The average molecular weight is 159 g/mol. The van der Waals surface area contributed by atoms with Crippen molar-refractivity contribution < 1.29 is 4.74 Å². The highest BCUT2D eigenvalue weighted by molar-refractivity contribution is 5.75. The maximum atomic E-state index is 5.23. The van der Waals surface area contributed by atoms with E-state index in [9.17, 15) is 0 Å². The van der Waals surface area contributed by atoms with Crippen molar-refractivity contribution in [1.82, 2.24) is 0 Å². The summed E-state index contributed by atoms with van der Waals surface area (Å²) < 4.78 is 4.95. The van der Waals surface area contributed by atoms with Crippen LogP contribution < -0.4 is 11.5 Å². The molecule has 0 spiro atoms. The third kappa shape index (κ3) is 4.61. The summed E-state index contributed by atoms with van der Waals surface area (Å²) in [6.07, 6.45) is 0. The second-order valence-corrected chi connectivity index (χ2v) is 2.82. The first-order valence-electron chi connectivity index (χ1n) is 3.65. The lowest BCUT2D eigenvalue weighted by Gasteiger charge is -2.14. The molecule has 4 nitrogen and oxygen atoms in total.